The van der Waals surface area contributed by atoms with Crippen molar-refractivity contribution >= 4 is 0 Å². The molecule has 0 heterocycles. The van der Waals surface area contributed by atoms with Crippen LogP contribution in [0.2, 0.25) is 0 Å². The quantitative estimate of drug-likeness (QED) is 0.624. The molecule has 0 N–H and O–H groups in total. The molecule has 0 unspecified atom stereocenters. The molecule has 2 aromatic carbocycles. The van der Waals surface area contributed by atoms with E-state index in [2.05, 4.69) is 76.2 Å². The Bertz CT molecular complexity index is 361. The Balaban J connectivity index is 0.000000284. The SMILES string of the molecule is Cc1ccccc1C.Cc1ccccc1C.[Mo]. The average molecular weight is 308 g/mol. The summed E-state index contributed by atoms with van der Waals surface area (Å²) in [4.78, 5) is 0. The van der Waals surface area contributed by atoms with Crippen molar-refractivity contribution in [2.45, 2.75) is 27.7 Å². The van der Waals surface area contributed by atoms with Gasteiger partial charge in [0.25, 0.3) is 0 Å². The Kier molecular flexibility index (Phi) is 7.83. The van der Waals surface area contributed by atoms with E-state index in [4.69, 9.17) is 0 Å². The third kappa shape index (κ3) is 5.84. The molecule has 0 saturated heterocycles. The Morgan fingerprint density at radius 1 is 0.471 bits per heavy atom. The van der Waals surface area contributed by atoms with E-state index in [0.717, 1.165) is 0 Å². The van der Waals surface area contributed by atoms with Crippen LogP contribution in [0, 0.1) is 27.7 Å². The van der Waals surface area contributed by atoms with E-state index in [9.17, 15) is 0 Å². The topological polar surface area (TPSA) is 0 Å². The summed E-state index contributed by atoms with van der Waals surface area (Å²) in [6, 6.07) is 16.7. The van der Waals surface area contributed by atoms with Crippen molar-refractivity contribution in [1.82, 2.24) is 0 Å². The van der Waals surface area contributed by atoms with Gasteiger partial charge in [-0.15, -0.1) is 0 Å². The van der Waals surface area contributed by atoms with Gasteiger partial charge >= 0.3 is 0 Å². The number of benzene rings is 2. The second kappa shape index (κ2) is 8.25. The average Bonchev–Trinajstić information content (AvgIpc) is 2.28. The minimum Gasteiger partial charge on any atom is -0.0620 e. The maximum atomic E-state index is 2.12. The molecule has 0 nitrogen and oxygen atoms in total. The van der Waals surface area contributed by atoms with Crippen LogP contribution in [0.1, 0.15) is 22.3 Å². The minimum absolute atomic E-state index is 0. The normalized spacial score (nSPS) is 8.71. The molecule has 0 aromatic heterocycles. The van der Waals surface area contributed by atoms with E-state index in [-0.39, 0.29) is 21.1 Å². The molecule has 0 aliphatic rings. The standard InChI is InChI=1S/2C8H10.Mo/c2*1-7-5-3-4-6-8(7)2;/h2*3-6H,1-2H3;. The van der Waals surface area contributed by atoms with Crippen LogP contribution in [0.4, 0.5) is 0 Å². The fourth-order valence-electron chi connectivity index (χ4n) is 1.33. The van der Waals surface area contributed by atoms with E-state index in [1.165, 1.54) is 22.3 Å². The van der Waals surface area contributed by atoms with Crippen LogP contribution in [0.3, 0.4) is 0 Å². The molecule has 0 aliphatic heterocycles. The second-order valence-corrected chi connectivity index (χ2v) is 4.17. The molecule has 1 heteroatoms. The fraction of sp³-hybridized carbons (Fsp3) is 0.250. The zero-order chi connectivity index (χ0) is 12.0. The molecule has 0 saturated carbocycles. The van der Waals surface area contributed by atoms with Gasteiger partial charge < -0.3 is 0 Å². The van der Waals surface area contributed by atoms with E-state index in [1.807, 2.05) is 0 Å². The summed E-state index contributed by atoms with van der Waals surface area (Å²) >= 11 is 0. The number of hydrogen-bond donors (Lipinski definition) is 0. The van der Waals surface area contributed by atoms with E-state index in [0.29, 0.717) is 0 Å². The molecular weight excluding hydrogens is 288 g/mol. The van der Waals surface area contributed by atoms with Crippen LogP contribution < -0.4 is 0 Å². The van der Waals surface area contributed by atoms with Crippen LogP contribution in [0.25, 0.3) is 0 Å². The predicted molar refractivity (Wildman–Crippen MR) is 71.8 cm³/mol. The molecule has 0 spiro atoms. The number of rotatable bonds is 0. The Morgan fingerprint density at radius 2 is 0.647 bits per heavy atom. The first-order valence-corrected chi connectivity index (χ1v) is 5.65. The van der Waals surface area contributed by atoms with Gasteiger partial charge in [0.15, 0.2) is 0 Å². The van der Waals surface area contributed by atoms with Gasteiger partial charge in [-0.2, -0.15) is 0 Å². The zero-order valence-corrected chi connectivity index (χ0v) is 13.0. The van der Waals surface area contributed by atoms with Gasteiger partial charge in [-0.1, -0.05) is 48.5 Å². The molecule has 2 rings (SSSR count). The van der Waals surface area contributed by atoms with Gasteiger partial charge in [-0.25, -0.2) is 0 Å². The predicted octanol–water partition coefficient (Wildman–Crippen LogP) is 4.60. The summed E-state index contributed by atoms with van der Waals surface area (Å²) in [7, 11) is 0. The third-order valence-corrected chi connectivity index (χ3v) is 2.85. The summed E-state index contributed by atoms with van der Waals surface area (Å²) in [5.41, 5.74) is 5.47. The van der Waals surface area contributed by atoms with Crippen LogP contribution in [0.5, 0.6) is 0 Å². The number of aryl methyl sites for hydroxylation is 4. The van der Waals surface area contributed by atoms with Gasteiger partial charge in [0.1, 0.15) is 0 Å². The summed E-state index contributed by atoms with van der Waals surface area (Å²) in [6.07, 6.45) is 0. The van der Waals surface area contributed by atoms with Crippen LogP contribution in [-0.4, -0.2) is 0 Å². The van der Waals surface area contributed by atoms with E-state index in [1.54, 1.807) is 0 Å². The van der Waals surface area contributed by atoms with Gasteiger partial charge in [0.05, 0.1) is 0 Å². The van der Waals surface area contributed by atoms with Crippen molar-refractivity contribution in [2.24, 2.45) is 0 Å². The molecule has 0 radical (unpaired) electrons. The Hall–Kier alpha value is -0.872. The van der Waals surface area contributed by atoms with Crippen molar-refractivity contribution < 1.29 is 21.1 Å². The fourth-order valence-corrected chi connectivity index (χ4v) is 1.33. The van der Waals surface area contributed by atoms with Crippen LogP contribution in [0.15, 0.2) is 48.5 Å². The molecule has 90 valence electrons. The van der Waals surface area contributed by atoms with Crippen molar-refractivity contribution in [3.63, 3.8) is 0 Å². The molecule has 0 atom stereocenters. The monoisotopic (exact) mass is 310 g/mol. The maximum absolute atomic E-state index is 2.12. The van der Waals surface area contributed by atoms with E-state index >= 15 is 0 Å². The molecule has 0 amide bonds. The van der Waals surface area contributed by atoms with Gasteiger partial charge in [0.2, 0.25) is 0 Å². The number of hydrogen-bond acceptors (Lipinski definition) is 0. The van der Waals surface area contributed by atoms with Crippen molar-refractivity contribution in [1.29, 1.82) is 0 Å². The Morgan fingerprint density at radius 3 is 0.765 bits per heavy atom. The first-order chi connectivity index (χ1) is 7.61. The van der Waals surface area contributed by atoms with Gasteiger partial charge in [0, 0.05) is 21.1 Å². The molecular formula is C16H20Mo. The van der Waals surface area contributed by atoms with Gasteiger partial charge in [-0.3, -0.25) is 0 Å². The summed E-state index contributed by atoms with van der Waals surface area (Å²) < 4.78 is 0. The van der Waals surface area contributed by atoms with E-state index < -0.39 is 0 Å². The van der Waals surface area contributed by atoms with Crippen LogP contribution >= 0.6 is 0 Å². The first-order valence-electron chi connectivity index (χ1n) is 5.65. The zero-order valence-electron chi connectivity index (χ0n) is 11.0. The van der Waals surface area contributed by atoms with Crippen LogP contribution in [-0.2, 0) is 21.1 Å². The Labute approximate surface area is 119 Å². The first kappa shape index (κ1) is 16.1. The summed E-state index contributed by atoms with van der Waals surface area (Å²) in [5.74, 6) is 0. The molecule has 17 heavy (non-hydrogen) atoms. The summed E-state index contributed by atoms with van der Waals surface area (Å²) in [6.45, 7) is 8.48. The second-order valence-electron chi connectivity index (χ2n) is 4.17. The van der Waals surface area contributed by atoms with Crippen molar-refractivity contribution in [3.05, 3.63) is 70.8 Å². The molecule has 0 fully saturated rings. The molecule has 0 aliphatic carbocycles. The smallest absolute Gasteiger partial charge is 0 e. The van der Waals surface area contributed by atoms with Crippen molar-refractivity contribution in [3.8, 4) is 0 Å². The van der Waals surface area contributed by atoms with Crippen molar-refractivity contribution in [2.75, 3.05) is 0 Å². The molecule has 2 aromatic rings. The minimum atomic E-state index is 0. The largest absolute Gasteiger partial charge is 0.0620 e. The summed E-state index contributed by atoms with van der Waals surface area (Å²) in [5, 5.41) is 0. The molecule has 0 bridgehead atoms. The third-order valence-electron chi connectivity index (χ3n) is 2.85. The van der Waals surface area contributed by atoms with Gasteiger partial charge in [-0.05, 0) is 49.9 Å². The maximum Gasteiger partial charge on any atom is 0 e.